The number of rotatable bonds is 4. The van der Waals surface area contributed by atoms with Gasteiger partial charge in [0.05, 0.1) is 0 Å². The van der Waals surface area contributed by atoms with Crippen molar-refractivity contribution >= 4 is 23.4 Å². The predicted octanol–water partition coefficient (Wildman–Crippen LogP) is 2.90. The fourth-order valence-electron chi connectivity index (χ4n) is 1.35. The minimum absolute atomic E-state index is 0.528. The smallest absolute Gasteiger partial charge is 0.281 e. The van der Waals surface area contributed by atoms with Crippen LogP contribution in [0.1, 0.15) is 11.5 Å². The molecule has 0 bridgehead atoms. The number of benzene rings is 1. The van der Waals surface area contributed by atoms with Crippen molar-refractivity contribution in [2.75, 3.05) is 7.05 Å². The molecule has 6 heteroatoms. The first kappa shape index (κ1) is 12.4. The number of aryl methyl sites for hydroxylation is 1. The molecule has 2 rings (SSSR count). The maximum absolute atomic E-state index is 6.16. The molecule has 1 aromatic carbocycles. The largest absolute Gasteiger partial charge is 0.416 e. The van der Waals surface area contributed by atoms with Gasteiger partial charge in [0.25, 0.3) is 5.22 Å². The number of nitrogens with zero attached hydrogens (tertiary/aromatic N) is 2. The normalized spacial score (nSPS) is 10.8. The van der Waals surface area contributed by atoms with E-state index in [0.29, 0.717) is 11.1 Å². The average molecular weight is 270 g/mol. The molecule has 1 heterocycles. The summed E-state index contributed by atoms with van der Waals surface area (Å²) in [7, 11) is 1.89. The molecular formula is C11H12ClN3OS. The Morgan fingerprint density at radius 3 is 2.82 bits per heavy atom. The Labute approximate surface area is 109 Å². The Hall–Kier alpha value is -1.04. The lowest BCUT2D eigenvalue weighted by atomic mass is 10.2. The first-order valence-electron chi connectivity index (χ1n) is 5.10. The van der Waals surface area contributed by atoms with Gasteiger partial charge in [-0.3, -0.25) is 0 Å². The lowest BCUT2D eigenvalue weighted by Gasteiger charge is -2.04. The molecule has 1 N–H and O–H groups in total. The Morgan fingerprint density at radius 1 is 1.41 bits per heavy atom. The number of hydrogen-bond donors (Lipinski definition) is 1. The maximum atomic E-state index is 6.16. The van der Waals surface area contributed by atoms with E-state index in [1.165, 1.54) is 11.8 Å². The molecule has 0 aliphatic carbocycles. The van der Waals surface area contributed by atoms with Gasteiger partial charge >= 0.3 is 0 Å². The van der Waals surface area contributed by atoms with Crippen molar-refractivity contribution in [3.8, 4) is 0 Å². The van der Waals surface area contributed by atoms with Crippen LogP contribution in [0.2, 0.25) is 5.02 Å². The molecule has 0 atom stereocenters. The van der Waals surface area contributed by atoms with Crippen LogP contribution in [-0.2, 0) is 6.54 Å². The van der Waals surface area contributed by atoms with Crippen LogP contribution in [0.15, 0.2) is 32.7 Å². The Balaban J connectivity index is 2.14. The summed E-state index contributed by atoms with van der Waals surface area (Å²) in [5.41, 5.74) is 1.07. The Morgan fingerprint density at radius 2 is 2.24 bits per heavy atom. The number of aromatic nitrogens is 2. The SMILES string of the molecule is CNCc1ccc(Sc2nnc(C)o2)cc1Cl. The van der Waals surface area contributed by atoms with Crippen LogP contribution in [0.5, 0.6) is 0 Å². The molecule has 2 aromatic rings. The molecule has 17 heavy (non-hydrogen) atoms. The molecule has 0 saturated carbocycles. The topological polar surface area (TPSA) is 51.0 Å². The Kier molecular flexibility index (Phi) is 4.04. The zero-order valence-corrected chi connectivity index (χ0v) is 11.1. The van der Waals surface area contributed by atoms with Gasteiger partial charge in [-0.05, 0) is 36.5 Å². The summed E-state index contributed by atoms with van der Waals surface area (Å²) >= 11 is 7.56. The molecule has 0 radical (unpaired) electrons. The van der Waals surface area contributed by atoms with Crippen molar-refractivity contribution in [3.05, 3.63) is 34.7 Å². The van der Waals surface area contributed by atoms with Crippen molar-refractivity contribution in [2.24, 2.45) is 0 Å². The zero-order valence-electron chi connectivity index (χ0n) is 9.53. The molecule has 1 aromatic heterocycles. The minimum atomic E-state index is 0.528. The molecule has 0 unspecified atom stereocenters. The summed E-state index contributed by atoms with van der Waals surface area (Å²) in [6.07, 6.45) is 0. The fourth-order valence-corrected chi connectivity index (χ4v) is 2.42. The van der Waals surface area contributed by atoms with Crippen LogP contribution < -0.4 is 5.32 Å². The summed E-state index contributed by atoms with van der Waals surface area (Å²) < 4.78 is 5.29. The van der Waals surface area contributed by atoms with Gasteiger partial charge in [0.15, 0.2) is 0 Å². The quantitative estimate of drug-likeness (QED) is 0.925. The van der Waals surface area contributed by atoms with Crippen LogP contribution in [0, 0.1) is 6.92 Å². The standard InChI is InChI=1S/C11H12ClN3OS/c1-7-14-15-11(16-7)17-9-4-3-8(6-13-2)10(12)5-9/h3-5,13H,6H2,1-2H3. The highest BCUT2D eigenvalue weighted by molar-refractivity contribution is 7.99. The summed E-state index contributed by atoms with van der Waals surface area (Å²) in [5.74, 6) is 0.561. The lowest BCUT2D eigenvalue weighted by molar-refractivity contribution is 0.429. The fraction of sp³-hybridized carbons (Fsp3) is 0.273. The molecule has 0 aliphatic rings. The van der Waals surface area contributed by atoms with Crippen LogP contribution in [-0.4, -0.2) is 17.2 Å². The first-order chi connectivity index (χ1) is 8.19. The minimum Gasteiger partial charge on any atom is -0.416 e. The average Bonchev–Trinajstić information content (AvgIpc) is 2.68. The Bertz CT molecular complexity index is 515. The third kappa shape index (κ3) is 3.21. The second-order valence-electron chi connectivity index (χ2n) is 3.47. The molecule has 0 fully saturated rings. The molecule has 90 valence electrons. The van der Waals surface area contributed by atoms with Crippen molar-refractivity contribution in [3.63, 3.8) is 0 Å². The van der Waals surface area contributed by atoms with Crippen molar-refractivity contribution in [1.82, 2.24) is 15.5 Å². The second kappa shape index (κ2) is 5.53. The van der Waals surface area contributed by atoms with Crippen LogP contribution in [0.3, 0.4) is 0 Å². The van der Waals surface area contributed by atoms with Crippen LogP contribution in [0.25, 0.3) is 0 Å². The number of hydrogen-bond acceptors (Lipinski definition) is 5. The van der Waals surface area contributed by atoms with E-state index >= 15 is 0 Å². The summed E-state index contributed by atoms with van der Waals surface area (Å²) in [5, 5.41) is 12.0. The van der Waals surface area contributed by atoms with Gasteiger partial charge in [-0.2, -0.15) is 0 Å². The third-order valence-electron chi connectivity index (χ3n) is 2.10. The van der Waals surface area contributed by atoms with E-state index in [1.54, 1.807) is 6.92 Å². The van der Waals surface area contributed by atoms with Crippen LogP contribution in [0.4, 0.5) is 0 Å². The first-order valence-corrected chi connectivity index (χ1v) is 6.29. The highest BCUT2D eigenvalue weighted by atomic mass is 35.5. The van der Waals surface area contributed by atoms with Gasteiger partial charge in [0.2, 0.25) is 5.89 Å². The van der Waals surface area contributed by atoms with Gasteiger partial charge in [-0.15, -0.1) is 10.2 Å². The van der Waals surface area contributed by atoms with E-state index in [2.05, 4.69) is 15.5 Å². The van der Waals surface area contributed by atoms with Crippen molar-refractivity contribution in [1.29, 1.82) is 0 Å². The van der Waals surface area contributed by atoms with Crippen molar-refractivity contribution < 1.29 is 4.42 Å². The van der Waals surface area contributed by atoms with Crippen LogP contribution >= 0.6 is 23.4 Å². The summed E-state index contributed by atoms with van der Waals surface area (Å²) in [6.45, 7) is 2.52. The predicted molar refractivity (Wildman–Crippen MR) is 67.4 cm³/mol. The molecular weight excluding hydrogens is 258 g/mol. The van der Waals surface area contributed by atoms with E-state index in [9.17, 15) is 0 Å². The van der Waals surface area contributed by atoms with Gasteiger partial charge in [0, 0.05) is 23.4 Å². The molecule has 0 amide bonds. The van der Waals surface area contributed by atoms with Gasteiger partial charge in [-0.1, -0.05) is 17.7 Å². The van der Waals surface area contributed by atoms with E-state index in [-0.39, 0.29) is 0 Å². The van der Waals surface area contributed by atoms with Gasteiger partial charge in [0.1, 0.15) is 0 Å². The second-order valence-corrected chi connectivity index (χ2v) is 4.90. The summed E-state index contributed by atoms with van der Waals surface area (Å²) in [6, 6.07) is 5.88. The maximum Gasteiger partial charge on any atom is 0.281 e. The lowest BCUT2D eigenvalue weighted by Crippen LogP contribution is -2.05. The van der Waals surface area contributed by atoms with E-state index in [4.69, 9.17) is 16.0 Å². The molecule has 0 spiro atoms. The third-order valence-corrected chi connectivity index (χ3v) is 3.29. The van der Waals surface area contributed by atoms with Gasteiger partial charge < -0.3 is 9.73 Å². The highest BCUT2D eigenvalue weighted by Crippen LogP contribution is 2.29. The molecule has 0 saturated heterocycles. The number of halogens is 1. The van der Waals surface area contributed by atoms with Crippen molar-refractivity contribution in [2.45, 2.75) is 23.6 Å². The van der Waals surface area contributed by atoms with E-state index in [0.717, 1.165) is 22.0 Å². The van der Waals surface area contributed by atoms with Gasteiger partial charge in [-0.25, -0.2) is 0 Å². The number of nitrogens with one attached hydrogen (secondary N) is 1. The molecule has 4 nitrogen and oxygen atoms in total. The summed E-state index contributed by atoms with van der Waals surface area (Å²) in [4.78, 5) is 0.985. The zero-order chi connectivity index (χ0) is 12.3. The monoisotopic (exact) mass is 269 g/mol. The van der Waals surface area contributed by atoms with E-state index < -0.39 is 0 Å². The molecule has 0 aliphatic heterocycles. The van der Waals surface area contributed by atoms with E-state index in [1.807, 2.05) is 25.2 Å². The highest BCUT2D eigenvalue weighted by Gasteiger charge is 2.07.